The van der Waals surface area contributed by atoms with E-state index < -0.39 is 9.84 Å². The van der Waals surface area contributed by atoms with Gasteiger partial charge >= 0.3 is 0 Å². The predicted octanol–water partition coefficient (Wildman–Crippen LogP) is 0.0886. The number of rotatable bonds is 3. The molecular formula is C10H22N2O2S. The molecule has 0 radical (unpaired) electrons. The van der Waals surface area contributed by atoms with Crippen LogP contribution in [0.25, 0.3) is 0 Å². The molecule has 3 unspecified atom stereocenters. The van der Waals surface area contributed by atoms with E-state index in [1.54, 1.807) is 0 Å². The fourth-order valence-corrected chi connectivity index (χ4v) is 3.72. The molecule has 1 rings (SSSR count). The number of nitrogens with zero attached hydrogens (tertiary/aromatic N) is 1. The highest BCUT2D eigenvalue weighted by Crippen LogP contribution is 2.18. The normalized spacial score (nSPS) is 31.1. The van der Waals surface area contributed by atoms with Crippen LogP contribution in [-0.4, -0.2) is 50.0 Å². The van der Waals surface area contributed by atoms with Gasteiger partial charge in [0.2, 0.25) is 0 Å². The molecule has 1 aliphatic rings. The van der Waals surface area contributed by atoms with Crippen LogP contribution < -0.4 is 5.73 Å². The van der Waals surface area contributed by atoms with Crippen LogP contribution in [0.1, 0.15) is 20.8 Å². The lowest BCUT2D eigenvalue weighted by atomic mass is 10.0. The molecule has 0 bridgehead atoms. The van der Waals surface area contributed by atoms with Gasteiger partial charge in [0.15, 0.2) is 9.84 Å². The summed E-state index contributed by atoms with van der Waals surface area (Å²) in [4.78, 5) is 2.26. The third-order valence-electron chi connectivity index (χ3n) is 3.44. The quantitative estimate of drug-likeness (QED) is 0.751. The van der Waals surface area contributed by atoms with Gasteiger partial charge in [0.05, 0.1) is 11.5 Å². The number of hydrogen-bond donors (Lipinski definition) is 1. The molecule has 1 saturated heterocycles. The monoisotopic (exact) mass is 234 g/mol. The summed E-state index contributed by atoms with van der Waals surface area (Å²) >= 11 is 0. The van der Waals surface area contributed by atoms with Gasteiger partial charge in [-0.15, -0.1) is 0 Å². The maximum absolute atomic E-state index is 11.4. The number of sulfone groups is 1. The van der Waals surface area contributed by atoms with Crippen molar-refractivity contribution in [1.82, 2.24) is 4.90 Å². The number of hydrogen-bond acceptors (Lipinski definition) is 4. The van der Waals surface area contributed by atoms with Crippen LogP contribution in [-0.2, 0) is 9.84 Å². The summed E-state index contributed by atoms with van der Waals surface area (Å²) in [6.45, 7) is 7.52. The van der Waals surface area contributed by atoms with Gasteiger partial charge in [-0.3, -0.25) is 4.90 Å². The van der Waals surface area contributed by atoms with Crippen LogP contribution in [0.3, 0.4) is 0 Å². The van der Waals surface area contributed by atoms with Gasteiger partial charge in [-0.25, -0.2) is 8.42 Å². The van der Waals surface area contributed by atoms with Crippen LogP contribution in [0.2, 0.25) is 0 Å². The Morgan fingerprint density at radius 1 is 1.47 bits per heavy atom. The molecule has 5 heteroatoms. The van der Waals surface area contributed by atoms with Gasteiger partial charge in [-0.2, -0.15) is 0 Å². The van der Waals surface area contributed by atoms with E-state index in [1.165, 1.54) is 0 Å². The summed E-state index contributed by atoms with van der Waals surface area (Å²) in [6.07, 6.45) is 0. The third-order valence-corrected chi connectivity index (χ3v) is 5.24. The average molecular weight is 234 g/mol. The molecule has 0 saturated carbocycles. The van der Waals surface area contributed by atoms with Crippen molar-refractivity contribution < 1.29 is 8.42 Å². The van der Waals surface area contributed by atoms with Crippen molar-refractivity contribution in [1.29, 1.82) is 0 Å². The Hall–Kier alpha value is -0.130. The second kappa shape index (κ2) is 4.80. The fourth-order valence-electron chi connectivity index (χ4n) is 2.14. The Labute approximate surface area is 92.7 Å². The smallest absolute Gasteiger partial charge is 0.153 e. The first-order valence-electron chi connectivity index (χ1n) is 5.53. The SMILES string of the molecule is CC(CN)C(C)N1CCS(=O)(=O)CC1C. The van der Waals surface area contributed by atoms with E-state index >= 15 is 0 Å². The molecular weight excluding hydrogens is 212 g/mol. The van der Waals surface area contributed by atoms with E-state index in [1.807, 2.05) is 6.92 Å². The minimum atomic E-state index is -2.80. The molecule has 0 aliphatic carbocycles. The lowest BCUT2D eigenvalue weighted by Crippen LogP contribution is -2.53. The highest BCUT2D eigenvalue weighted by atomic mass is 32.2. The molecule has 0 spiro atoms. The van der Waals surface area contributed by atoms with E-state index in [4.69, 9.17) is 5.73 Å². The fraction of sp³-hybridized carbons (Fsp3) is 1.00. The van der Waals surface area contributed by atoms with Crippen molar-refractivity contribution in [2.75, 3.05) is 24.6 Å². The molecule has 4 nitrogen and oxygen atoms in total. The van der Waals surface area contributed by atoms with E-state index in [9.17, 15) is 8.42 Å². The second-order valence-electron chi connectivity index (χ2n) is 4.65. The van der Waals surface area contributed by atoms with Gasteiger partial charge in [0.25, 0.3) is 0 Å². The Bertz CT molecular complexity index is 303. The van der Waals surface area contributed by atoms with Crippen LogP contribution in [0.4, 0.5) is 0 Å². The topological polar surface area (TPSA) is 63.4 Å². The Balaban J connectivity index is 2.66. The standard InChI is InChI=1S/C10H22N2O2S/c1-8(6-11)10(3)12-4-5-15(13,14)7-9(12)2/h8-10H,4-7,11H2,1-3H3. The first-order chi connectivity index (χ1) is 6.87. The van der Waals surface area contributed by atoms with Gasteiger partial charge in [-0.05, 0) is 26.3 Å². The van der Waals surface area contributed by atoms with Crippen molar-refractivity contribution in [3.05, 3.63) is 0 Å². The molecule has 0 aromatic carbocycles. The first kappa shape index (κ1) is 12.9. The molecule has 3 atom stereocenters. The minimum Gasteiger partial charge on any atom is -0.330 e. The Morgan fingerprint density at radius 2 is 2.07 bits per heavy atom. The summed E-state index contributed by atoms with van der Waals surface area (Å²) < 4.78 is 22.8. The van der Waals surface area contributed by atoms with Crippen molar-refractivity contribution in [3.8, 4) is 0 Å². The van der Waals surface area contributed by atoms with Crippen LogP contribution in [0, 0.1) is 5.92 Å². The largest absolute Gasteiger partial charge is 0.330 e. The van der Waals surface area contributed by atoms with E-state index in [-0.39, 0.29) is 11.8 Å². The molecule has 0 amide bonds. The predicted molar refractivity (Wildman–Crippen MR) is 62.5 cm³/mol. The second-order valence-corrected chi connectivity index (χ2v) is 6.88. The van der Waals surface area contributed by atoms with Crippen LogP contribution in [0.15, 0.2) is 0 Å². The minimum absolute atomic E-state index is 0.118. The maximum atomic E-state index is 11.4. The maximum Gasteiger partial charge on any atom is 0.153 e. The average Bonchev–Trinajstić information content (AvgIpc) is 2.14. The van der Waals surface area contributed by atoms with Crippen molar-refractivity contribution >= 4 is 9.84 Å². The van der Waals surface area contributed by atoms with Gasteiger partial charge in [0, 0.05) is 18.6 Å². The number of nitrogens with two attached hydrogens (primary N) is 1. The molecule has 1 heterocycles. The zero-order valence-electron chi connectivity index (χ0n) is 9.81. The van der Waals surface area contributed by atoms with Gasteiger partial charge < -0.3 is 5.73 Å². The Morgan fingerprint density at radius 3 is 2.53 bits per heavy atom. The highest BCUT2D eigenvalue weighted by molar-refractivity contribution is 7.91. The Kier molecular flexibility index (Phi) is 4.14. The molecule has 2 N–H and O–H groups in total. The van der Waals surface area contributed by atoms with Gasteiger partial charge in [0.1, 0.15) is 0 Å². The molecule has 90 valence electrons. The summed E-state index contributed by atoms with van der Waals surface area (Å²) in [7, 11) is -2.80. The van der Waals surface area contributed by atoms with Crippen molar-refractivity contribution in [2.24, 2.45) is 11.7 Å². The van der Waals surface area contributed by atoms with Crippen LogP contribution in [0.5, 0.6) is 0 Å². The molecule has 1 fully saturated rings. The molecule has 15 heavy (non-hydrogen) atoms. The van der Waals surface area contributed by atoms with E-state index in [2.05, 4.69) is 18.7 Å². The first-order valence-corrected chi connectivity index (χ1v) is 7.35. The van der Waals surface area contributed by atoms with E-state index in [0.29, 0.717) is 30.8 Å². The molecule has 0 aromatic rings. The zero-order chi connectivity index (χ0) is 11.6. The molecule has 0 aromatic heterocycles. The summed E-state index contributed by atoms with van der Waals surface area (Å²) in [6, 6.07) is 0.480. The van der Waals surface area contributed by atoms with E-state index in [0.717, 1.165) is 0 Å². The summed E-state index contributed by atoms with van der Waals surface area (Å²) in [5.41, 5.74) is 5.63. The summed E-state index contributed by atoms with van der Waals surface area (Å²) in [5.74, 6) is 0.987. The zero-order valence-corrected chi connectivity index (χ0v) is 10.6. The lowest BCUT2D eigenvalue weighted by Gasteiger charge is -2.40. The third kappa shape index (κ3) is 3.16. The van der Waals surface area contributed by atoms with Crippen LogP contribution >= 0.6 is 0 Å². The van der Waals surface area contributed by atoms with Crippen molar-refractivity contribution in [3.63, 3.8) is 0 Å². The lowest BCUT2D eigenvalue weighted by molar-refractivity contribution is 0.131. The summed E-state index contributed by atoms with van der Waals surface area (Å²) in [5, 5.41) is 0. The van der Waals surface area contributed by atoms with Crippen molar-refractivity contribution in [2.45, 2.75) is 32.9 Å². The highest BCUT2D eigenvalue weighted by Gasteiger charge is 2.32. The molecule has 1 aliphatic heterocycles. The van der Waals surface area contributed by atoms with Gasteiger partial charge in [-0.1, -0.05) is 6.92 Å².